The van der Waals surface area contributed by atoms with Crippen molar-refractivity contribution < 1.29 is 50.2 Å². The van der Waals surface area contributed by atoms with E-state index in [1.54, 1.807) is 20.8 Å². The van der Waals surface area contributed by atoms with Crippen LogP contribution in [0.4, 0.5) is 37.5 Å². The van der Waals surface area contributed by atoms with Gasteiger partial charge < -0.3 is 13.9 Å². The lowest BCUT2D eigenvalue weighted by molar-refractivity contribution is -0.195. The molecule has 0 radical (unpaired) electrons. The molecule has 0 spiro atoms. The van der Waals surface area contributed by atoms with Gasteiger partial charge in [0.25, 0.3) is 0 Å². The van der Waals surface area contributed by atoms with Crippen LogP contribution in [0.5, 0.6) is 0 Å². The molecule has 0 bridgehead atoms. The number of aryl methyl sites for hydroxylation is 1. The molecular weight excluding hydrogens is 585 g/mol. The van der Waals surface area contributed by atoms with Crippen LogP contribution < -0.4 is 16.0 Å². The molecule has 234 valence electrons. The van der Waals surface area contributed by atoms with Crippen LogP contribution in [0.15, 0.2) is 28.9 Å². The summed E-state index contributed by atoms with van der Waals surface area (Å²) in [6.45, 7) is 10.3. The van der Waals surface area contributed by atoms with E-state index in [9.17, 15) is 23.2 Å². The molecule has 1 aromatic carbocycles. The van der Waals surface area contributed by atoms with Crippen molar-refractivity contribution in [3.8, 4) is 0 Å². The molecule has 0 saturated heterocycles. The summed E-state index contributed by atoms with van der Waals surface area (Å²) in [6, 6.07) is 1.21. The Bertz CT molecular complexity index is 1510. The fourth-order valence-corrected chi connectivity index (χ4v) is 4.01. The molecule has 3 aromatic rings. The molecule has 11 nitrogen and oxygen atoms in total. The van der Waals surface area contributed by atoms with Gasteiger partial charge in [0, 0.05) is 35.0 Å². The number of fused-ring (bicyclic) bond motifs is 1. The first-order valence-electron chi connectivity index (χ1n) is 12.7. The predicted molar refractivity (Wildman–Crippen MR) is 142 cm³/mol. The predicted octanol–water partition coefficient (Wildman–Crippen LogP) is 5.60. The Morgan fingerprint density at radius 2 is 1.51 bits per heavy atom. The summed E-state index contributed by atoms with van der Waals surface area (Å²) in [6.07, 6.45) is -8.43. The van der Waals surface area contributed by atoms with Gasteiger partial charge in [-0.15, -0.1) is 0 Å². The SMILES string of the molecule is Cc1c(C(NC(C=O)NC(=O)OC(C)(C)C)(c2cnc(NC(=O)OC(C)(C)C)nc2)C(F)(F)F)oc2c(F)cc(F)cc12. The highest BCUT2D eigenvalue weighted by atomic mass is 19.4. The Morgan fingerprint density at radius 3 is 2.02 bits per heavy atom. The number of benzene rings is 1. The van der Waals surface area contributed by atoms with Crippen molar-refractivity contribution >= 4 is 35.4 Å². The third kappa shape index (κ3) is 7.55. The minimum Gasteiger partial charge on any atom is -0.455 e. The van der Waals surface area contributed by atoms with Crippen molar-refractivity contribution in [3.05, 3.63) is 53.0 Å². The Hall–Kier alpha value is -4.34. The topological polar surface area (TPSA) is 145 Å². The van der Waals surface area contributed by atoms with Crippen LogP contribution in [0.3, 0.4) is 0 Å². The van der Waals surface area contributed by atoms with Gasteiger partial charge in [-0.3, -0.25) is 20.7 Å². The van der Waals surface area contributed by atoms with Gasteiger partial charge in [-0.05, 0) is 54.5 Å². The minimum absolute atomic E-state index is 0.0397. The number of hydrogen-bond donors (Lipinski definition) is 3. The third-order valence-corrected chi connectivity index (χ3v) is 5.60. The van der Waals surface area contributed by atoms with Crippen LogP contribution in [0.25, 0.3) is 11.0 Å². The van der Waals surface area contributed by atoms with E-state index in [-0.39, 0.29) is 17.2 Å². The number of aldehydes is 1. The number of halogens is 5. The Labute approximate surface area is 242 Å². The first kappa shape index (κ1) is 33.2. The van der Waals surface area contributed by atoms with E-state index in [2.05, 4.69) is 15.3 Å². The van der Waals surface area contributed by atoms with Gasteiger partial charge >= 0.3 is 18.4 Å². The van der Waals surface area contributed by atoms with Gasteiger partial charge in [0.05, 0.1) is 0 Å². The molecule has 3 rings (SSSR count). The molecule has 2 heterocycles. The number of nitrogens with zero attached hydrogens (tertiary/aromatic N) is 2. The zero-order valence-electron chi connectivity index (χ0n) is 24.2. The average molecular weight is 616 g/mol. The van der Waals surface area contributed by atoms with E-state index in [4.69, 9.17) is 13.9 Å². The standard InChI is InChI=1S/C27H30F5N5O6/c1-13-16-8-15(28)9-17(29)19(16)41-20(13)26(27(30,31)32,37-18(12-38)35-22(39)42-24(2,3)4)14-10-33-21(34-11-14)36-23(40)43-25(5,6)7/h8-12,18,37H,1-7H3,(H,35,39)(H,33,34,36,40). The summed E-state index contributed by atoms with van der Waals surface area (Å²) < 4.78 is 90.2. The van der Waals surface area contributed by atoms with Crippen molar-refractivity contribution in [2.24, 2.45) is 0 Å². The quantitative estimate of drug-likeness (QED) is 0.176. The number of furan rings is 1. The molecule has 2 amide bonds. The smallest absolute Gasteiger partial charge is 0.418 e. The Balaban J connectivity index is 2.22. The second kappa shape index (κ2) is 11.7. The van der Waals surface area contributed by atoms with Gasteiger partial charge in [-0.2, -0.15) is 13.2 Å². The molecule has 16 heteroatoms. The number of anilines is 1. The molecule has 0 aliphatic carbocycles. The van der Waals surface area contributed by atoms with Crippen molar-refractivity contribution in [3.63, 3.8) is 0 Å². The number of aromatic nitrogens is 2. The highest BCUT2D eigenvalue weighted by molar-refractivity contribution is 5.84. The van der Waals surface area contributed by atoms with Crippen molar-refractivity contribution in [1.29, 1.82) is 0 Å². The van der Waals surface area contributed by atoms with Crippen molar-refractivity contribution in [2.45, 2.75) is 77.5 Å². The molecule has 0 aliphatic heterocycles. The van der Waals surface area contributed by atoms with Crippen LogP contribution in [0.2, 0.25) is 0 Å². The number of nitrogens with one attached hydrogen (secondary N) is 3. The molecule has 43 heavy (non-hydrogen) atoms. The second-order valence-corrected chi connectivity index (χ2v) is 11.4. The Morgan fingerprint density at radius 1 is 0.953 bits per heavy atom. The van der Waals surface area contributed by atoms with E-state index in [0.717, 1.165) is 13.0 Å². The fourth-order valence-electron chi connectivity index (χ4n) is 4.01. The van der Waals surface area contributed by atoms with E-state index in [1.165, 1.54) is 20.8 Å². The lowest BCUT2D eigenvalue weighted by Gasteiger charge is -2.37. The zero-order chi connectivity index (χ0) is 32.5. The summed E-state index contributed by atoms with van der Waals surface area (Å²) in [4.78, 5) is 44.0. The van der Waals surface area contributed by atoms with Gasteiger partial charge in [-0.25, -0.2) is 28.3 Å². The molecule has 0 fully saturated rings. The number of alkyl halides is 3. The van der Waals surface area contributed by atoms with Crippen LogP contribution in [-0.2, 0) is 19.8 Å². The lowest BCUT2D eigenvalue weighted by Crippen LogP contribution is -2.63. The molecule has 2 aromatic heterocycles. The Kier molecular flexibility index (Phi) is 9.05. The number of hydrogen-bond acceptors (Lipinski definition) is 9. The number of ether oxygens (including phenoxy) is 2. The number of rotatable bonds is 7. The van der Waals surface area contributed by atoms with E-state index < -0.39 is 75.8 Å². The summed E-state index contributed by atoms with van der Waals surface area (Å²) >= 11 is 0. The van der Waals surface area contributed by atoms with Crippen molar-refractivity contribution in [1.82, 2.24) is 20.6 Å². The highest BCUT2D eigenvalue weighted by Crippen LogP contribution is 2.48. The first-order valence-corrected chi connectivity index (χ1v) is 12.7. The maximum absolute atomic E-state index is 15.3. The number of carbonyl (C=O) groups excluding carboxylic acids is 3. The van der Waals surface area contributed by atoms with E-state index >= 15 is 13.2 Å². The van der Waals surface area contributed by atoms with Gasteiger partial charge in [0.1, 0.15) is 28.9 Å². The fraction of sp³-hybridized carbons (Fsp3) is 0.444. The number of amides is 2. The second-order valence-electron chi connectivity index (χ2n) is 11.4. The van der Waals surface area contributed by atoms with Crippen LogP contribution in [0.1, 0.15) is 58.4 Å². The first-order chi connectivity index (χ1) is 19.7. The van der Waals surface area contributed by atoms with E-state index in [0.29, 0.717) is 18.5 Å². The normalized spacial score (nSPS) is 14.5. The van der Waals surface area contributed by atoms with Gasteiger partial charge in [0.15, 0.2) is 17.7 Å². The van der Waals surface area contributed by atoms with Crippen LogP contribution in [0, 0.1) is 18.6 Å². The minimum atomic E-state index is -5.42. The maximum Gasteiger partial charge on any atom is 0.418 e. The monoisotopic (exact) mass is 615 g/mol. The molecular formula is C27H30F5N5O6. The third-order valence-electron chi connectivity index (χ3n) is 5.60. The summed E-state index contributed by atoms with van der Waals surface area (Å²) in [5.41, 5.74) is -7.38. The summed E-state index contributed by atoms with van der Waals surface area (Å²) in [5.74, 6) is -3.81. The number of alkyl carbamates (subject to hydrolysis) is 1. The van der Waals surface area contributed by atoms with Crippen LogP contribution >= 0.6 is 0 Å². The lowest BCUT2D eigenvalue weighted by atomic mass is 9.85. The largest absolute Gasteiger partial charge is 0.455 e. The van der Waals surface area contributed by atoms with Crippen LogP contribution in [-0.4, -0.2) is 52.0 Å². The number of carbonyl (C=O) groups is 3. The van der Waals surface area contributed by atoms with Crippen molar-refractivity contribution in [2.75, 3.05) is 5.32 Å². The summed E-state index contributed by atoms with van der Waals surface area (Å²) in [5, 5.41) is 5.87. The van der Waals surface area contributed by atoms with Gasteiger partial charge in [-0.1, -0.05) is 0 Å². The summed E-state index contributed by atoms with van der Waals surface area (Å²) in [7, 11) is 0. The maximum atomic E-state index is 15.3. The molecule has 0 saturated carbocycles. The van der Waals surface area contributed by atoms with E-state index in [1.807, 2.05) is 10.6 Å². The molecule has 2 unspecified atom stereocenters. The molecule has 3 N–H and O–H groups in total. The highest BCUT2D eigenvalue weighted by Gasteiger charge is 2.62. The van der Waals surface area contributed by atoms with Gasteiger partial charge in [0.2, 0.25) is 11.5 Å². The average Bonchev–Trinajstić information content (AvgIpc) is 3.16. The molecule has 0 aliphatic rings. The zero-order valence-corrected chi connectivity index (χ0v) is 24.2. The molecule has 2 atom stereocenters.